The number of carbonyl (C=O) groups excluding carboxylic acids is 1. The summed E-state index contributed by atoms with van der Waals surface area (Å²) in [6, 6.07) is 28.3. The first-order valence-corrected chi connectivity index (χ1v) is 11.5. The number of para-hydroxylation sites is 2. The van der Waals surface area contributed by atoms with Crippen LogP contribution in [0.25, 0.3) is 22.3 Å². The minimum absolute atomic E-state index is 0.0135. The molecule has 1 aromatic heterocycles. The maximum atomic E-state index is 12.6. The molecule has 3 aromatic carbocycles. The zero-order chi connectivity index (χ0) is 21.5. The first kappa shape index (κ1) is 21.1. The Kier molecular flexibility index (Phi) is 6.95. The van der Waals surface area contributed by atoms with Crippen molar-refractivity contribution in [3.05, 3.63) is 90.5 Å². The highest BCUT2D eigenvalue weighted by molar-refractivity contribution is 8.00. The fourth-order valence-electron chi connectivity index (χ4n) is 3.42. The third-order valence-electron chi connectivity index (χ3n) is 5.04. The Hall–Kier alpha value is -3.18. The van der Waals surface area contributed by atoms with Crippen LogP contribution in [0.2, 0.25) is 0 Å². The molecule has 5 heteroatoms. The number of nitrogens with one attached hydrogen (secondary N) is 1. The van der Waals surface area contributed by atoms with E-state index in [2.05, 4.69) is 24.4 Å². The molecule has 1 heterocycles. The van der Waals surface area contributed by atoms with Crippen LogP contribution in [0, 0.1) is 0 Å². The molecule has 4 nitrogen and oxygen atoms in total. The molecule has 1 N–H and O–H groups in total. The van der Waals surface area contributed by atoms with Crippen molar-refractivity contribution in [1.82, 2.24) is 15.3 Å². The Balaban J connectivity index is 1.42. The Morgan fingerprint density at radius 3 is 2.19 bits per heavy atom. The lowest BCUT2D eigenvalue weighted by molar-refractivity contribution is -0.119. The quantitative estimate of drug-likeness (QED) is 0.376. The van der Waals surface area contributed by atoms with Crippen molar-refractivity contribution < 1.29 is 4.79 Å². The first-order chi connectivity index (χ1) is 15.2. The fraction of sp³-hybridized carbons (Fsp3) is 0.192. The van der Waals surface area contributed by atoms with Gasteiger partial charge in [-0.2, -0.15) is 0 Å². The normalized spacial score (nSPS) is 11.9. The zero-order valence-corrected chi connectivity index (χ0v) is 18.3. The van der Waals surface area contributed by atoms with Gasteiger partial charge in [0.2, 0.25) is 5.91 Å². The topological polar surface area (TPSA) is 54.9 Å². The van der Waals surface area contributed by atoms with E-state index in [4.69, 9.17) is 9.97 Å². The largest absolute Gasteiger partial charge is 0.353 e. The van der Waals surface area contributed by atoms with E-state index in [0.29, 0.717) is 5.75 Å². The van der Waals surface area contributed by atoms with Crippen LogP contribution in [0.4, 0.5) is 0 Å². The minimum atomic E-state index is 0.0135. The van der Waals surface area contributed by atoms with Gasteiger partial charge in [0.15, 0.2) is 0 Å². The average Bonchev–Trinajstić information content (AvgIpc) is 2.82. The van der Waals surface area contributed by atoms with E-state index in [-0.39, 0.29) is 11.9 Å². The van der Waals surface area contributed by atoms with Gasteiger partial charge in [-0.25, -0.2) is 9.97 Å². The number of thioether (sulfide) groups is 1. The summed E-state index contributed by atoms with van der Waals surface area (Å²) >= 11 is 1.44. The first-order valence-electron chi connectivity index (χ1n) is 10.5. The third-order valence-corrected chi connectivity index (χ3v) is 6.01. The number of aryl methyl sites for hydroxylation is 1. The van der Waals surface area contributed by atoms with Gasteiger partial charge in [-0.15, -0.1) is 0 Å². The summed E-state index contributed by atoms with van der Waals surface area (Å²) in [5, 5.41) is 3.88. The van der Waals surface area contributed by atoms with Crippen LogP contribution < -0.4 is 5.32 Å². The molecule has 0 aliphatic heterocycles. The van der Waals surface area contributed by atoms with Gasteiger partial charge in [-0.1, -0.05) is 84.6 Å². The number of fused-ring (bicyclic) bond motifs is 1. The van der Waals surface area contributed by atoms with E-state index in [1.54, 1.807) is 0 Å². The monoisotopic (exact) mass is 427 g/mol. The molecular formula is C26H25N3OS. The molecule has 0 saturated heterocycles. The zero-order valence-electron chi connectivity index (χ0n) is 17.5. The summed E-state index contributed by atoms with van der Waals surface area (Å²) in [5.41, 5.74) is 4.79. The van der Waals surface area contributed by atoms with Crippen molar-refractivity contribution in [2.45, 2.75) is 30.8 Å². The predicted molar refractivity (Wildman–Crippen MR) is 128 cm³/mol. The average molecular weight is 428 g/mol. The highest BCUT2D eigenvalue weighted by Gasteiger charge is 2.14. The number of hydrogen-bond donors (Lipinski definition) is 1. The van der Waals surface area contributed by atoms with E-state index in [1.165, 1.54) is 17.3 Å². The lowest BCUT2D eigenvalue weighted by atomic mass is 10.1. The van der Waals surface area contributed by atoms with Crippen molar-refractivity contribution in [2.75, 3.05) is 5.75 Å². The summed E-state index contributed by atoms with van der Waals surface area (Å²) in [6.07, 6.45) is 1.86. The highest BCUT2D eigenvalue weighted by atomic mass is 32.2. The van der Waals surface area contributed by atoms with Gasteiger partial charge in [-0.3, -0.25) is 4.79 Å². The second-order valence-corrected chi connectivity index (χ2v) is 8.48. The summed E-state index contributed by atoms with van der Waals surface area (Å²) in [6.45, 7) is 2.05. The molecule has 1 unspecified atom stereocenters. The smallest absolute Gasteiger partial charge is 0.230 e. The Morgan fingerprint density at radius 1 is 0.871 bits per heavy atom. The van der Waals surface area contributed by atoms with Crippen molar-refractivity contribution in [3.63, 3.8) is 0 Å². The van der Waals surface area contributed by atoms with Crippen LogP contribution in [0.5, 0.6) is 0 Å². The molecule has 0 aliphatic carbocycles. The van der Waals surface area contributed by atoms with Gasteiger partial charge in [0, 0.05) is 11.6 Å². The summed E-state index contributed by atoms with van der Waals surface area (Å²) in [4.78, 5) is 22.2. The fourth-order valence-corrected chi connectivity index (χ4v) is 4.23. The number of rotatable bonds is 8. The number of aromatic nitrogens is 2. The molecule has 1 amide bonds. The molecule has 4 aromatic rings. The molecular weight excluding hydrogens is 402 g/mol. The number of amides is 1. The van der Waals surface area contributed by atoms with Crippen LogP contribution in [0.15, 0.2) is 90.0 Å². The predicted octanol–water partition coefficient (Wildman–Crippen LogP) is 5.53. The van der Waals surface area contributed by atoms with Crippen LogP contribution in [-0.4, -0.2) is 27.7 Å². The van der Waals surface area contributed by atoms with Crippen LogP contribution in [0.3, 0.4) is 0 Å². The lowest BCUT2D eigenvalue weighted by Crippen LogP contribution is -2.34. The van der Waals surface area contributed by atoms with Crippen molar-refractivity contribution >= 4 is 28.7 Å². The van der Waals surface area contributed by atoms with E-state index >= 15 is 0 Å². The van der Waals surface area contributed by atoms with Gasteiger partial charge in [-0.05, 0) is 37.5 Å². The number of benzene rings is 3. The summed E-state index contributed by atoms with van der Waals surface area (Å²) in [5.74, 6) is 0.322. The Morgan fingerprint density at radius 2 is 1.48 bits per heavy atom. The second-order valence-electron chi connectivity index (χ2n) is 7.51. The van der Waals surface area contributed by atoms with Gasteiger partial charge >= 0.3 is 0 Å². The summed E-state index contributed by atoms with van der Waals surface area (Å²) in [7, 11) is 0. The van der Waals surface area contributed by atoms with Gasteiger partial charge < -0.3 is 5.32 Å². The molecule has 0 fully saturated rings. The van der Waals surface area contributed by atoms with E-state index in [9.17, 15) is 4.79 Å². The maximum absolute atomic E-state index is 12.6. The molecule has 1 atom stereocenters. The van der Waals surface area contributed by atoms with Crippen LogP contribution >= 0.6 is 11.8 Å². The van der Waals surface area contributed by atoms with Gasteiger partial charge in [0.1, 0.15) is 10.7 Å². The number of hydrogen-bond acceptors (Lipinski definition) is 4. The van der Waals surface area contributed by atoms with E-state index in [0.717, 1.165) is 40.2 Å². The van der Waals surface area contributed by atoms with Crippen molar-refractivity contribution in [1.29, 1.82) is 0 Å². The molecule has 31 heavy (non-hydrogen) atoms. The highest BCUT2D eigenvalue weighted by Crippen LogP contribution is 2.30. The van der Waals surface area contributed by atoms with Crippen molar-refractivity contribution in [2.24, 2.45) is 0 Å². The Bertz CT molecular complexity index is 1150. The molecule has 4 rings (SSSR count). The molecule has 156 valence electrons. The van der Waals surface area contributed by atoms with Crippen molar-refractivity contribution in [3.8, 4) is 11.3 Å². The molecule has 0 spiro atoms. The lowest BCUT2D eigenvalue weighted by Gasteiger charge is -2.14. The van der Waals surface area contributed by atoms with Gasteiger partial charge in [0.05, 0.1) is 16.8 Å². The van der Waals surface area contributed by atoms with Gasteiger partial charge in [0.25, 0.3) is 0 Å². The van der Waals surface area contributed by atoms with Crippen LogP contribution in [-0.2, 0) is 11.2 Å². The molecule has 0 radical (unpaired) electrons. The third kappa shape index (κ3) is 5.70. The SMILES string of the molecule is CC(CCc1ccccc1)NC(=O)CSc1nc2ccccc2nc1-c1ccccc1. The summed E-state index contributed by atoms with van der Waals surface area (Å²) < 4.78 is 0. The van der Waals surface area contributed by atoms with E-state index < -0.39 is 0 Å². The standard InChI is InChI=1S/C26H25N3OS/c1-19(16-17-20-10-4-2-5-11-20)27-24(30)18-31-26-25(21-12-6-3-7-13-21)28-22-14-8-9-15-23(22)29-26/h2-15,19H,16-18H2,1H3,(H,27,30). The second kappa shape index (κ2) is 10.2. The van der Waals surface area contributed by atoms with E-state index in [1.807, 2.05) is 72.8 Å². The number of nitrogens with zero attached hydrogens (tertiary/aromatic N) is 2. The maximum Gasteiger partial charge on any atom is 0.230 e. The molecule has 0 bridgehead atoms. The Labute approximate surface area is 187 Å². The minimum Gasteiger partial charge on any atom is -0.353 e. The molecule has 0 saturated carbocycles. The van der Waals surface area contributed by atoms with Crippen LogP contribution in [0.1, 0.15) is 18.9 Å². The molecule has 0 aliphatic rings. The number of carbonyl (C=O) groups is 1.